The topological polar surface area (TPSA) is 139 Å². The minimum atomic E-state index is -0.584. The Hall–Kier alpha value is -4.78. The number of benzene rings is 4. The standard InChI is InChI=1S/C41H47N3O8/c1-49-37-20-31-18-19-44(24-33(31)21-38(37)50-2)25-34-22-36(29-12-10-27(26-45)11-13-29)52-41(51-34)30-16-14-28(15-17-30)35-7-4-3-6-32(35)23-42-39(46)8-5-9-40(47)43-48/h3-4,6-7,10-17,20-21,34,36,41,45,48H,5,8-9,18-19,22-26H2,1-2H3,(H,42,46)(H,43,47)/t34-,36+,41+/m0/s1. The predicted molar refractivity (Wildman–Crippen MR) is 194 cm³/mol. The van der Waals surface area contributed by atoms with Crippen molar-refractivity contribution in [1.82, 2.24) is 15.7 Å². The summed E-state index contributed by atoms with van der Waals surface area (Å²) in [6, 6.07) is 28.2. The number of nitrogens with zero attached hydrogens (tertiary/aromatic N) is 1. The van der Waals surface area contributed by atoms with Crippen LogP contribution in [0.1, 0.15) is 71.5 Å². The monoisotopic (exact) mass is 709 g/mol. The van der Waals surface area contributed by atoms with Crippen molar-refractivity contribution in [2.75, 3.05) is 27.3 Å². The number of rotatable bonds is 14. The zero-order valence-electron chi connectivity index (χ0n) is 29.7. The van der Waals surface area contributed by atoms with Gasteiger partial charge in [0, 0.05) is 51.0 Å². The maximum atomic E-state index is 12.4. The van der Waals surface area contributed by atoms with Crippen molar-refractivity contribution in [3.8, 4) is 22.6 Å². The number of hydroxylamine groups is 1. The number of fused-ring (bicyclic) bond motifs is 1. The normalized spacial score (nSPS) is 18.7. The van der Waals surface area contributed by atoms with Crippen LogP contribution in [0, 0.1) is 0 Å². The van der Waals surface area contributed by atoms with E-state index in [2.05, 4.69) is 22.3 Å². The third-order valence-corrected chi connectivity index (χ3v) is 9.79. The van der Waals surface area contributed by atoms with Crippen molar-refractivity contribution in [3.05, 3.63) is 118 Å². The molecular formula is C41H47N3O8. The van der Waals surface area contributed by atoms with Crippen LogP contribution in [0.2, 0.25) is 0 Å². The molecule has 2 amide bonds. The summed E-state index contributed by atoms with van der Waals surface area (Å²) in [6.45, 7) is 2.76. The van der Waals surface area contributed by atoms with Crippen molar-refractivity contribution in [1.29, 1.82) is 0 Å². The molecule has 274 valence electrons. The highest BCUT2D eigenvalue weighted by Gasteiger charge is 2.34. The molecule has 1 fully saturated rings. The SMILES string of the molecule is COc1cc2c(cc1OC)CN(C[C@@H]1C[C@H](c3ccc(CO)cc3)O[C@H](c3ccc(-c4ccccc4CNC(=O)CCCC(=O)NO)cc3)O1)CC2. The van der Waals surface area contributed by atoms with Crippen LogP contribution in [-0.2, 0) is 45.2 Å². The lowest BCUT2D eigenvalue weighted by Crippen LogP contribution is -2.41. The van der Waals surface area contributed by atoms with E-state index in [0.29, 0.717) is 19.4 Å². The first-order valence-electron chi connectivity index (χ1n) is 17.7. The van der Waals surface area contributed by atoms with E-state index >= 15 is 0 Å². The zero-order chi connectivity index (χ0) is 36.5. The van der Waals surface area contributed by atoms with E-state index in [1.54, 1.807) is 19.7 Å². The van der Waals surface area contributed by atoms with E-state index in [1.807, 2.05) is 72.8 Å². The molecule has 2 aliphatic heterocycles. The lowest BCUT2D eigenvalue weighted by Gasteiger charge is -2.39. The highest BCUT2D eigenvalue weighted by Crippen LogP contribution is 2.40. The molecule has 4 N–H and O–H groups in total. The second-order valence-electron chi connectivity index (χ2n) is 13.3. The molecule has 0 aromatic heterocycles. The van der Waals surface area contributed by atoms with Gasteiger partial charge in [0.15, 0.2) is 17.8 Å². The molecule has 4 aromatic carbocycles. The zero-order valence-corrected chi connectivity index (χ0v) is 29.7. The molecule has 1 saturated heterocycles. The Bertz CT molecular complexity index is 1810. The number of hydrogen-bond acceptors (Lipinski definition) is 9. The Morgan fingerprint density at radius 3 is 2.27 bits per heavy atom. The number of carbonyl (C=O) groups excluding carboxylic acids is 2. The molecule has 0 aliphatic carbocycles. The van der Waals surface area contributed by atoms with Gasteiger partial charge in [0.05, 0.1) is 33.0 Å². The highest BCUT2D eigenvalue weighted by molar-refractivity contribution is 5.78. The summed E-state index contributed by atoms with van der Waals surface area (Å²) in [5.41, 5.74) is 9.85. The van der Waals surface area contributed by atoms with Crippen molar-refractivity contribution in [3.63, 3.8) is 0 Å². The van der Waals surface area contributed by atoms with Crippen LogP contribution in [-0.4, -0.2) is 60.4 Å². The lowest BCUT2D eigenvalue weighted by atomic mass is 9.96. The van der Waals surface area contributed by atoms with Gasteiger partial charge in [0.1, 0.15) is 0 Å². The van der Waals surface area contributed by atoms with Crippen molar-refractivity contribution in [2.45, 2.75) is 70.3 Å². The van der Waals surface area contributed by atoms with E-state index < -0.39 is 12.2 Å². The third kappa shape index (κ3) is 9.17. The molecule has 11 heteroatoms. The molecule has 4 aromatic rings. The number of hydrogen-bond donors (Lipinski definition) is 4. The number of methoxy groups -OCH3 is 2. The number of nitrogens with one attached hydrogen (secondary N) is 2. The van der Waals surface area contributed by atoms with Crippen molar-refractivity contribution >= 4 is 11.8 Å². The van der Waals surface area contributed by atoms with Gasteiger partial charge in [0.2, 0.25) is 11.8 Å². The average Bonchev–Trinajstić information content (AvgIpc) is 3.19. The van der Waals surface area contributed by atoms with Gasteiger partial charge >= 0.3 is 0 Å². The molecule has 2 heterocycles. The maximum absolute atomic E-state index is 12.4. The number of amides is 2. The summed E-state index contributed by atoms with van der Waals surface area (Å²) < 4.78 is 24.4. The molecule has 6 rings (SSSR count). The van der Waals surface area contributed by atoms with Crippen LogP contribution in [0.5, 0.6) is 11.5 Å². The molecule has 2 aliphatic rings. The Morgan fingerprint density at radius 2 is 1.56 bits per heavy atom. The Kier molecular flexibility index (Phi) is 12.5. The Morgan fingerprint density at radius 1 is 0.865 bits per heavy atom. The van der Waals surface area contributed by atoms with E-state index in [9.17, 15) is 14.7 Å². The summed E-state index contributed by atoms with van der Waals surface area (Å²) >= 11 is 0. The van der Waals surface area contributed by atoms with Gasteiger partial charge < -0.3 is 29.4 Å². The summed E-state index contributed by atoms with van der Waals surface area (Å²) in [7, 11) is 3.32. The predicted octanol–water partition coefficient (Wildman–Crippen LogP) is 5.76. The van der Waals surface area contributed by atoms with Crippen LogP contribution in [0.25, 0.3) is 11.1 Å². The fraction of sp³-hybridized carbons (Fsp3) is 0.366. The van der Waals surface area contributed by atoms with Crippen LogP contribution in [0.3, 0.4) is 0 Å². The lowest BCUT2D eigenvalue weighted by molar-refractivity contribution is -0.253. The van der Waals surface area contributed by atoms with Gasteiger partial charge in [0.25, 0.3) is 0 Å². The number of aliphatic hydroxyl groups excluding tert-OH is 1. The largest absolute Gasteiger partial charge is 0.493 e. The summed E-state index contributed by atoms with van der Waals surface area (Å²) in [5, 5.41) is 21.2. The van der Waals surface area contributed by atoms with Gasteiger partial charge in [-0.2, -0.15) is 0 Å². The Labute approximate surface area is 304 Å². The molecule has 11 nitrogen and oxygen atoms in total. The Balaban J connectivity index is 1.16. The van der Waals surface area contributed by atoms with Gasteiger partial charge in [-0.25, -0.2) is 5.48 Å². The van der Waals surface area contributed by atoms with Crippen LogP contribution in [0.4, 0.5) is 0 Å². The van der Waals surface area contributed by atoms with Crippen LogP contribution in [0.15, 0.2) is 84.9 Å². The molecule has 3 atom stereocenters. The number of carbonyl (C=O) groups is 2. The van der Waals surface area contributed by atoms with Gasteiger partial charge in [-0.3, -0.25) is 19.7 Å². The van der Waals surface area contributed by atoms with Crippen LogP contribution >= 0.6 is 0 Å². The molecule has 52 heavy (non-hydrogen) atoms. The van der Waals surface area contributed by atoms with E-state index in [0.717, 1.165) is 70.9 Å². The second kappa shape index (κ2) is 17.6. The van der Waals surface area contributed by atoms with Crippen molar-refractivity contribution < 1.29 is 38.9 Å². The quantitative estimate of drug-likeness (QED) is 0.0952. The minimum absolute atomic E-state index is 0.0133. The molecule has 0 unspecified atom stereocenters. The minimum Gasteiger partial charge on any atom is -0.493 e. The first-order valence-corrected chi connectivity index (χ1v) is 17.7. The number of ether oxygens (including phenoxy) is 4. The molecule has 0 bridgehead atoms. The molecule has 0 radical (unpaired) electrons. The van der Waals surface area contributed by atoms with E-state index in [1.165, 1.54) is 11.1 Å². The molecule has 0 saturated carbocycles. The highest BCUT2D eigenvalue weighted by atomic mass is 16.7. The summed E-state index contributed by atoms with van der Waals surface area (Å²) in [5.74, 6) is 0.811. The summed E-state index contributed by atoms with van der Waals surface area (Å²) in [4.78, 5) is 26.1. The molecule has 0 spiro atoms. The van der Waals surface area contributed by atoms with Gasteiger partial charge in [-0.1, -0.05) is 72.8 Å². The average molecular weight is 710 g/mol. The van der Waals surface area contributed by atoms with E-state index in [4.69, 9.17) is 24.2 Å². The van der Waals surface area contributed by atoms with E-state index in [-0.39, 0.29) is 37.6 Å². The third-order valence-electron chi connectivity index (χ3n) is 9.79. The maximum Gasteiger partial charge on any atom is 0.243 e. The summed E-state index contributed by atoms with van der Waals surface area (Å²) in [6.07, 6.45) is 1.34. The second-order valence-corrected chi connectivity index (χ2v) is 13.3. The molecular weight excluding hydrogens is 662 g/mol. The van der Waals surface area contributed by atoms with Crippen LogP contribution < -0.4 is 20.3 Å². The fourth-order valence-electron chi connectivity index (χ4n) is 6.94. The van der Waals surface area contributed by atoms with Gasteiger partial charge in [-0.15, -0.1) is 0 Å². The first-order chi connectivity index (χ1) is 25.4. The number of aliphatic hydroxyl groups is 1. The first kappa shape index (κ1) is 37.0. The smallest absolute Gasteiger partial charge is 0.243 e. The van der Waals surface area contributed by atoms with Gasteiger partial charge in [-0.05, 0) is 63.9 Å². The fourth-order valence-corrected chi connectivity index (χ4v) is 6.94. The van der Waals surface area contributed by atoms with Crippen molar-refractivity contribution in [2.24, 2.45) is 0 Å².